The summed E-state index contributed by atoms with van der Waals surface area (Å²) in [6.07, 6.45) is 0.268. The Kier molecular flexibility index (Phi) is 6.91. The number of primary amides is 1. The fraction of sp³-hybridized carbons (Fsp3) is 0.222. The molecule has 2 aromatic carbocycles. The standard InChI is InChI=1S/C18H17ClF2N2O3/c19-15-8-14(5-6-16(15)21)26-10-17(24)23-9-12(18(22)25)7-11-1-3-13(20)4-2-11/h1-6,8,12H,7,9-10H2,(H2,22,25)(H,23,24). The molecule has 0 aliphatic carbocycles. The third-order valence-electron chi connectivity index (χ3n) is 3.60. The monoisotopic (exact) mass is 382 g/mol. The van der Waals surface area contributed by atoms with Crippen molar-refractivity contribution in [1.29, 1.82) is 0 Å². The maximum Gasteiger partial charge on any atom is 0.257 e. The lowest BCUT2D eigenvalue weighted by molar-refractivity contribution is -0.124. The van der Waals surface area contributed by atoms with Gasteiger partial charge in [-0.2, -0.15) is 0 Å². The van der Waals surface area contributed by atoms with Gasteiger partial charge in [0, 0.05) is 12.6 Å². The number of carbonyl (C=O) groups is 2. The van der Waals surface area contributed by atoms with Gasteiger partial charge in [0.05, 0.1) is 10.9 Å². The number of nitrogens with one attached hydrogen (secondary N) is 1. The summed E-state index contributed by atoms with van der Waals surface area (Å²) < 4.78 is 31.2. The third-order valence-corrected chi connectivity index (χ3v) is 3.89. The van der Waals surface area contributed by atoms with E-state index in [2.05, 4.69) is 5.32 Å². The zero-order valence-corrected chi connectivity index (χ0v) is 14.4. The molecule has 5 nitrogen and oxygen atoms in total. The van der Waals surface area contributed by atoms with Gasteiger partial charge in [0.15, 0.2) is 6.61 Å². The van der Waals surface area contributed by atoms with Gasteiger partial charge in [0.25, 0.3) is 5.91 Å². The molecule has 0 saturated carbocycles. The van der Waals surface area contributed by atoms with E-state index in [4.69, 9.17) is 22.1 Å². The van der Waals surface area contributed by atoms with Gasteiger partial charge in [-0.3, -0.25) is 9.59 Å². The van der Waals surface area contributed by atoms with Gasteiger partial charge in [-0.25, -0.2) is 8.78 Å². The van der Waals surface area contributed by atoms with E-state index in [1.165, 1.54) is 24.3 Å². The Labute approximate surface area is 154 Å². The van der Waals surface area contributed by atoms with Crippen LogP contribution in [0.2, 0.25) is 5.02 Å². The molecule has 2 aromatic rings. The van der Waals surface area contributed by atoms with Crippen LogP contribution in [-0.4, -0.2) is 25.0 Å². The number of hydrogen-bond donors (Lipinski definition) is 2. The van der Waals surface area contributed by atoms with Gasteiger partial charge in [-0.05, 0) is 36.2 Å². The van der Waals surface area contributed by atoms with E-state index >= 15 is 0 Å². The first-order chi connectivity index (χ1) is 12.3. The molecule has 0 bridgehead atoms. The van der Waals surface area contributed by atoms with Gasteiger partial charge in [0.2, 0.25) is 5.91 Å². The molecule has 26 heavy (non-hydrogen) atoms. The van der Waals surface area contributed by atoms with Crippen LogP contribution in [-0.2, 0) is 16.0 Å². The molecule has 0 aliphatic rings. The van der Waals surface area contributed by atoms with Crippen molar-refractivity contribution >= 4 is 23.4 Å². The number of ether oxygens (including phenoxy) is 1. The second-order valence-corrected chi connectivity index (χ2v) is 6.01. The Morgan fingerprint density at radius 1 is 1.15 bits per heavy atom. The predicted octanol–water partition coefficient (Wildman–Crippen LogP) is 2.46. The van der Waals surface area contributed by atoms with Gasteiger partial charge >= 0.3 is 0 Å². The molecule has 8 heteroatoms. The van der Waals surface area contributed by atoms with Crippen LogP contribution >= 0.6 is 11.6 Å². The first-order valence-corrected chi connectivity index (χ1v) is 8.11. The Balaban J connectivity index is 1.83. The van der Waals surface area contributed by atoms with Crippen LogP contribution in [0.4, 0.5) is 8.78 Å². The second-order valence-electron chi connectivity index (χ2n) is 5.60. The maximum absolute atomic E-state index is 13.1. The summed E-state index contributed by atoms with van der Waals surface area (Å²) in [5, 5.41) is 2.43. The van der Waals surface area contributed by atoms with Crippen molar-refractivity contribution in [2.45, 2.75) is 6.42 Å². The van der Waals surface area contributed by atoms with E-state index in [1.807, 2.05) is 0 Å². The number of amides is 2. The molecule has 2 rings (SSSR count). The molecule has 0 fully saturated rings. The number of benzene rings is 2. The van der Waals surface area contributed by atoms with Crippen LogP contribution in [0.25, 0.3) is 0 Å². The molecule has 1 unspecified atom stereocenters. The first-order valence-electron chi connectivity index (χ1n) is 7.73. The van der Waals surface area contributed by atoms with E-state index in [9.17, 15) is 18.4 Å². The molecule has 0 radical (unpaired) electrons. The summed E-state index contributed by atoms with van der Waals surface area (Å²) in [6.45, 7) is -0.316. The predicted molar refractivity (Wildman–Crippen MR) is 92.7 cm³/mol. The minimum absolute atomic E-state index is 0.0130. The lowest BCUT2D eigenvalue weighted by atomic mass is 9.98. The van der Waals surface area contributed by atoms with Crippen LogP contribution in [0.1, 0.15) is 5.56 Å². The van der Waals surface area contributed by atoms with Crippen molar-refractivity contribution in [3.8, 4) is 5.75 Å². The second kappa shape index (κ2) is 9.15. The van der Waals surface area contributed by atoms with Crippen molar-refractivity contribution in [3.63, 3.8) is 0 Å². The molecule has 0 aromatic heterocycles. The van der Waals surface area contributed by atoms with Gasteiger partial charge in [0.1, 0.15) is 17.4 Å². The normalized spacial score (nSPS) is 11.7. The lowest BCUT2D eigenvalue weighted by Crippen LogP contribution is -2.39. The number of hydrogen-bond acceptors (Lipinski definition) is 3. The van der Waals surface area contributed by atoms with Crippen LogP contribution in [0.5, 0.6) is 5.75 Å². The number of nitrogens with two attached hydrogens (primary N) is 1. The fourth-order valence-electron chi connectivity index (χ4n) is 2.18. The first kappa shape index (κ1) is 19.7. The molecule has 0 aliphatic heterocycles. The van der Waals surface area contributed by atoms with Crippen molar-refractivity contribution in [3.05, 3.63) is 64.7 Å². The van der Waals surface area contributed by atoms with E-state index in [-0.39, 0.29) is 36.2 Å². The minimum Gasteiger partial charge on any atom is -0.484 e. The van der Waals surface area contributed by atoms with Gasteiger partial charge < -0.3 is 15.8 Å². The van der Waals surface area contributed by atoms with Crippen molar-refractivity contribution in [1.82, 2.24) is 5.32 Å². The highest BCUT2D eigenvalue weighted by atomic mass is 35.5. The Morgan fingerprint density at radius 3 is 2.46 bits per heavy atom. The highest BCUT2D eigenvalue weighted by Crippen LogP contribution is 2.20. The minimum atomic E-state index is -0.648. The van der Waals surface area contributed by atoms with E-state index in [0.717, 1.165) is 11.6 Å². The van der Waals surface area contributed by atoms with E-state index in [0.29, 0.717) is 0 Å². The summed E-state index contributed by atoms with van der Waals surface area (Å²) in [5.41, 5.74) is 6.07. The van der Waals surface area contributed by atoms with Crippen molar-refractivity contribution in [2.75, 3.05) is 13.2 Å². The number of carbonyl (C=O) groups excluding carboxylic acids is 2. The highest BCUT2D eigenvalue weighted by Gasteiger charge is 2.17. The lowest BCUT2D eigenvalue weighted by Gasteiger charge is -2.15. The number of rotatable bonds is 8. The summed E-state index contributed by atoms with van der Waals surface area (Å²) >= 11 is 5.62. The molecular weight excluding hydrogens is 366 g/mol. The summed E-state index contributed by atoms with van der Waals surface area (Å²) in [4.78, 5) is 23.4. The quantitative estimate of drug-likeness (QED) is 0.735. The number of halogens is 3. The molecule has 2 amide bonds. The van der Waals surface area contributed by atoms with Crippen LogP contribution in [0.15, 0.2) is 42.5 Å². The van der Waals surface area contributed by atoms with Crippen molar-refractivity contribution in [2.24, 2.45) is 11.7 Å². The molecule has 0 spiro atoms. The highest BCUT2D eigenvalue weighted by molar-refractivity contribution is 6.30. The Hall–Kier alpha value is -2.67. The fourth-order valence-corrected chi connectivity index (χ4v) is 2.35. The SMILES string of the molecule is NC(=O)C(CNC(=O)COc1ccc(F)c(Cl)c1)Cc1ccc(F)cc1. The summed E-state index contributed by atoms with van der Waals surface area (Å²) in [6, 6.07) is 9.39. The smallest absolute Gasteiger partial charge is 0.257 e. The largest absolute Gasteiger partial charge is 0.484 e. The molecule has 1 atom stereocenters. The molecule has 3 N–H and O–H groups in total. The molecule has 0 heterocycles. The van der Waals surface area contributed by atoms with Crippen LogP contribution in [0.3, 0.4) is 0 Å². The summed E-state index contributed by atoms with van der Waals surface area (Å²) in [7, 11) is 0. The van der Waals surface area contributed by atoms with Crippen LogP contribution in [0, 0.1) is 17.6 Å². The van der Waals surface area contributed by atoms with Gasteiger partial charge in [-0.1, -0.05) is 23.7 Å². The maximum atomic E-state index is 13.1. The van der Waals surface area contributed by atoms with E-state index in [1.54, 1.807) is 12.1 Å². The third kappa shape index (κ3) is 6.00. The van der Waals surface area contributed by atoms with Crippen molar-refractivity contribution < 1.29 is 23.1 Å². The van der Waals surface area contributed by atoms with Gasteiger partial charge in [-0.15, -0.1) is 0 Å². The molecular formula is C18H17ClF2N2O3. The zero-order valence-electron chi connectivity index (χ0n) is 13.7. The molecule has 138 valence electrons. The zero-order chi connectivity index (χ0) is 19.1. The van der Waals surface area contributed by atoms with Crippen LogP contribution < -0.4 is 15.8 Å². The average Bonchev–Trinajstić information content (AvgIpc) is 2.61. The molecule has 0 saturated heterocycles. The average molecular weight is 383 g/mol. The summed E-state index contributed by atoms with van der Waals surface area (Å²) in [5.74, 6) is -2.44. The van der Waals surface area contributed by atoms with E-state index < -0.39 is 23.5 Å². The Morgan fingerprint density at radius 2 is 1.85 bits per heavy atom. The topological polar surface area (TPSA) is 81.4 Å². The Bertz CT molecular complexity index is 785.